The minimum atomic E-state index is -0.412. The van der Waals surface area contributed by atoms with E-state index in [1.165, 1.54) is 93.9 Å². The molecule has 0 saturated carbocycles. The van der Waals surface area contributed by atoms with Gasteiger partial charge >= 0.3 is 0 Å². The van der Waals surface area contributed by atoms with E-state index in [4.69, 9.17) is 0 Å². The van der Waals surface area contributed by atoms with E-state index in [0.29, 0.717) is 0 Å². The number of hydrogen-bond donors (Lipinski definition) is 0. The summed E-state index contributed by atoms with van der Waals surface area (Å²) < 4.78 is 2.37. The molecule has 10 aromatic rings. The number of benzene rings is 9. The van der Waals surface area contributed by atoms with Crippen LogP contribution >= 0.6 is 0 Å². The van der Waals surface area contributed by atoms with Crippen molar-refractivity contribution < 1.29 is 0 Å². The first-order chi connectivity index (χ1) is 26.8. The van der Waals surface area contributed by atoms with E-state index in [2.05, 4.69) is 217 Å². The largest absolute Gasteiger partial charge is 0.309 e. The molecule has 0 unspecified atom stereocenters. The van der Waals surface area contributed by atoms with Gasteiger partial charge in [-0.3, -0.25) is 0 Å². The monoisotopic (exact) mass is 685 g/mol. The van der Waals surface area contributed by atoms with Crippen molar-refractivity contribution in [3.63, 3.8) is 0 Å². The zero-order chi connectivity index (χ0) is 35.6. The first-order valence-corrected chi connectivity index (χ1v) is 18.8. The molecule has 1 aromatic heterocycles. The van der Waals surface area contributed by atoms with E-state index in [1.54, 1.807) is 0 Å². The molecule has 0 bridgehead atoms. The van der Waals surface area contributed by atoms with Crippen LogP contribution < -0.4 is 0 Å². The molecule has 0 N–H and O–H groups in total. The number of para-hydroxylation sites is 2. The lowest BCUT2D eigenvalue weighted by Crippen LogP contribution is -2.28. The minimum absolute atomic E-state index is 0.412. The number of hydrogen-bond acceptors (Lipinski definition) is 0. The number of rotatable bonds is 5. The SMILES string of the molecule is c1ccc(-n2c3ccccc3c3cc(-c4ccc5cc(-c6ccc7c(c6)C(c6ccccc6)(c6ccccc6)c6ccccc6-7)ccc5c4)ccc32)cc1. The molecule has 0 saturated heterocycles. The molecule has 0 spiro atoms. The lowest BCUT2D eigenvalue weighted by molar-refractivity contribution is 0.769. The van der Waals surface area contributed by atoms with E-state index in [-0.39, 0.29) is 0 Å². The molecule has 0 radical (unpaired) electrons. The molecular weight excluding hydrogens is 651 g/mol. The zero-order valence-electron chi connectivity index (χ0n) is 29.7. The molecule has 0 fully saturated rings. The molecule has 1 nitrogen and oxygen atoms in total. The van der Waals surface area contributed by atoms with Gasteiger partial charge < -0.3 is 4.57 Å². The van der Waals surface area contributed by atoms with Crippen molar-refractivity contribution in [3.8, 4) is 39.1 Å². The van der Waals surface area contributed by atoms with Crippen LogP contribution in [0.3, 0.4) is 0 Å². The standard InChI is InChI=1S/C53H35N/c1-4-14-42(15-5-1)53(43-16-6-2-7-17-43)49-22-12-10-20-45(49)46-30-28-41(35-50(46)53)39-27-25-36-32-38(26-24-37(36)33-39)40-29-31-52-48(34-40)47-21-11-13-23-51(47)54(52)44-18-8-3-9-19-44/h1-35H. The van der Waals surface area contributed by atoms with Gasteiger partial charge in [0.15, 0.2) is 0 Å². The van der Waals surface area contributed by atoms with Gasteiger partial charge in [0.1, 0.15) is 0 Å². The van der Waals surface area contributed by atoms with Crippen molar-refractivity contribution in [2.24, 2.45) is 0 Å². The van der Waals surface area contributed by atoms with E-state index in [1.807, 2.05) is 0 Å². The van der Waals surface area contributed by atoms with Gasteiger partial charge in [0.2, 0.25) is 0 Å². The second-order valence-electron chi connectivity index (χ2n) is 14.5. The fraction of sp³-hybridized carbons (Fsp3) is 0.0189. The van der Waals surface area contributed by atoms with Crippen molar-refractivity contribution in [1.82, 2.24) is 4.57 Å². The first kappa shape index (κ1) is 30.6. The Morgan fingerprint density at radius 2 is 0.815 bits per heavy atom. The van der Waals surface area contributed by atoms with Crippen molar-refractivity contribution in [1.29, 1.82) is 0 Å². The van der Waals surface area contributed by atoms with Gasteiger partial charge in [0, 0.05) is 16.5 Å². The molecule has 9 aromatic carbocycles. The zero-order valence-corrected chi connectivity index (χ0v) is 29.7. The average Bonchev–Trinajstić information content (AvgIpc) is 3.74. The Bertz CT molecular complexity index is 2990. The summed E-state index contributed by atoms with van der Waals surface area (Å²) in [7, 11) is 0. The summed E-state index contributed by atoms with van der Waals surface area (Å²) in [5.74, 6) is 0. The van der Waals surface area contributed by atoms with Gasteiger partial charge in [-0.25, -0.2) is 0 Å². The Hall–Kier alpha value is -6.96. The van der Waals surface area contributed by atoms with Crippen LogP contribution in [-0.2, 0) is 5.41 Å². The normalized spacial score (nSPS) is 13.0. The Kier molecular flexibility index (Phi) is 6.84. The van der Waals surface area contributed by atoms with Crippen LogP contribution in [0.4, 0.5) is 0 Å². The summed E-state index contributed by atoms with van der Waals surface area (Å²) in [6, 6.07) is 78.3. The topological polar surface area (TPSA) is 4.93 Å². The molecule has 11 rings (SSSR count). The third-order valence-electron chi connectivity index (χ3n) is 11.7. The highest BCUT2D eigenvalue weighted by Gasteiger charge is 2.46. The maximum Gasteiger partial charge on any atom is 0.0713 e. The molecule has 1 aliphatic carbocycles. The molecule has 0 aliphatic heterocycles. The molecule has 1 heteroatoms. The van der Waals surface area contributed by atoms with Crippen LogP contribution in [0.1, 0.15) is 22.3 Å². The summed E-state index contributed by atoms with van der Waals surface area (Å²) in [6.07, 6.45) is 0. The summed E-state index contributed by atoms with van der Waals surface area (Å²) in [6.45, 7) is 0. The van der Waals surface area contributed by atoms with Crippen LogP contribution in [0.2, 0.25) is 0 Å². The van der Waals surface area contributed by atoms with Crippen LogP contribution in [0.25, 0.3) is 71.6 Å². The summed E-state index contributed by atoms with van der Waals surface area (Å²) >= 11 is 0. The third kappa shape index (κ3) is 4.52. The second kappa shape index (κ2) is 12.0. The lowest BCUT2D eigenvalue weighted by Gasteiger charge is -2.34. The highest BCUT2D eigenvalue weighted by atomic mass is 15.0. The van der Waals surface area contributed by atoms with E-state index < -0.39 is 5.41 Å². The quantitative estimate of drug-likeness (QED) is 0.170. The Labute approximate surface area is 315 Å². The van der Waals surface area contributed by atoms with Crippen molar-refractivity contribution in [2.45, 2.75) is 5.41 Å². The van der Waals surface area contributed by atoms with Crippen LogP contribution in [0.5, 0.6) is 0 Å². The van der Waals surface area contributed by atoms with Crippen LogP contribution in [0.15, 0.2) is 212 Å². The fourth-order valence-corrected chi connectivity index (χ4v) is 9.24. The third-order valence-corrected chi connectivity index (χ3v) is 11.7. The van der Waals surface area contributed by atoms with Gasteiger partial charge in [0.05, 0.1) is 16.4 Å². The predicted molar refractivity (Wildman–Crippen MR) is 226 cm³/mol. The Morgan fingerprint density at radius 3 is 1.52 bits per heavy atom. The summed E-state index contributed by atoms with van der Waals surface area (Å²) in [5.41, 5.74) is 15.9. The fourth-order valence-electron chi connectivity index (χ4n) is 9.24. The van der Waals surface area contributed by atoms with Gasteiger partial charge in [-0.05, 0) is 115 Å². The maximum atomic E-state index is 2.45. The van der Waals surface area contributed by atoms with Crippen molar-refractivity contribution in [3.05, 3.63) is 235 Å². The number of aromatic nitrogens is 1. The molecule has 252 valence electrons. The maximum absolute atomic E-state index is 2.45. The van der Waals surface area contributed by atoms with Gasteiger partial charge in [-0.1, -0.05) is 164 Å². The molecule has 1 aliphatic rings. The highest BCUT2D eigenvalue weighted by Crippen LogP contribution is 2.56. The second-order valence-corrected chi connectivity index (χ2v) is 14.5. The Balaban J connectivity index is 1.02. The molecule has 0 amide bonds. The number of fused-ring (bicyclic) bond motifs is 7. The smallest absolute Gasteiger partial charge is 0.0713 e. The molecule has 54 heavy (non-hydrogen) atoms. The average molecular weight is 686 g/mol. The molecular formula is C53H35N. The lowest BCUT2D eigenvalue weighted by atomic mass is 9.67. The molecule has 0 atom stereocenters. The van der Waals surface area contributed by atoms with E-state index in [0.717, 1.165) is 0 Å². The summed E-state index contributed by atoms with van der Waals surface area (Å²) in [5, 5.41) is 5.01. The van der Waals surface area contributed by atoms with Gasteiger partial charge in [-0.2, -0.15) is 0 Å². The van der Waals surface area contributed by atoms with Gasteiger partial charge in [-0.15, -0.1) is 0 Å². The molecule has 1 heterocycles. The summed E-state index contributed by atoms with van der Waals surface area (Å²) in [4.78, 5) is 0. The minimum Gasteiger partial charge on any atom is -0.309 e. The van der Waals surface area contributed by atoms with E-state index >= 15 is 0 Å². The first-order valence-electron chi connectivity index (χ1n) is 18.8. The predicted octanol–water partition coefficient (Wildman–Crippen LogP) is 13.6. The van der Waals surface area contributed by atoms with Gasteiger partial charge in [0.25, 0.3) is 0 Å². The van der Waals surface area contributed by atoms with Crippen molar-refractivity contribution in [2.75, 3.05) is 0 Å². The van der Waals surface area contributed by atoms with E-state index in [9.17, 15) is 0 Å². The highest BCUT2D eigenvalue weighted by molar-refractivity contribution is 6.10. The number of nitrogens with zero attached hydrogens (tertiary/aromatic N) is 1. The van der Waals surface area contributed by atoms with Crippen molar-refractivity contribution >= 4 is 32.6 Å². The van der Waals surface area contributed by atoms with Crippen LogP contribution in [0, 0.1) is 0 Å². The van der Waals surface area contributed by atoms with Crippen LogP contribution in [-0.4, -0.2) is 4.57 Å². The Morgan fingerprint density at radius 1 is 0.315 bits per heavy atom.